The highest BCUT2D eigenvalue weighted by molar-refractivity contribution is 7.88. The van der Waals surface area contributed by atoms with Crippen molar-refractivity contribution in [1.29, 1.82) is 0 Å². The molecule has 2 N–H and O–H groups in total. The fourth-order valence-corrected chi connectivity index (χ4v) is 2.13. The molecule has 1 atom stereocenters. The first-order chi connectivity index (χ1) is 5.89. The molecule has 6 nitrogen and oxygen atoms in total. The SMILES string of the molecule is CS(=O)(=O)N1CC[C@H](OC(N)=O)C1. The molecule has 1 rings (SSSR count). The third-order valence-electron chi connectivity index (χ3n) is 1.86. The predicted octanol–water partition coefficient (Wildman–Crippen LogP) is -0.884. The summed E-state index contributed by atoms with van der Waals surface area (Å²) in [4.78, 5) is 10.3. The molecule has 1 amide bonds. The minimum atomic E-state index is -3.17. The highest BCUT2D eigenvalue weighted by atomic mass is 32.2. The molecule has 76 valence electrons. The first kappa shape index (κ1) is 10.3. The van der Waals surface area contributed by atoms with Crippen LogP contribution in [0.3, 0.4) is 0 Å². The fraction of sp³-hybridized carbons (Fsp3) is 0.833. The largest absolute Gasteiger partial charge is 0.445 e. The number of amides is 1. The minimum absolute atomic E-state index is 0.210. The lowest BCUT2D eigenvalue weighted by atomic mass is 10.3. The molecule has 0 unspecified atom stereocenters. The first-order valence-electron chi connectivity index (χ1n) is 3.81. The minimum Gasteiger partial charge on any atom is -0.445 e. The van der Waals surface area contributed by atoms with Gasteiger partial charge in [-0.25, -0.2) is 13.2 Å². The van der Waals surface area contributed by atoms with E-state index in [1.54, 1.807) is 0 Å². The second kappa shape index (κ2) is 3.51. The molecule has 0 radical (unpaired) electrons. The quantitative estimate of drug-likeness (QED) is 0.637. The summed E-state index contributed by atoms with van der Waals surface area (Å²) in [5.41, 5.74) is 4.80. The molecule has 1 fully saturated rings. The van der Waals surface area contributed by atoms with E-state index in [0.29, 0.717) is 13.0 Å². The number of nitrogens with zero attached hydrogens (tertiary/aromatic N) is 1. The van der Waals surface area contributed by atoms with Crippen LogP contribution in [0.5, 0.6) is 0 Å². The van der Waals surface area contributed by atoms with Crippen LogP contribution in [0.25, 0.3) is 0 Å². The van der Waals surface area contributed by atoms with E-state index in [1.165, 1.54) is 4.31 Å². The Bertz CT molecular complexity index is 300. The van der Waals surface area contributed by atoms with Crippen molar-refractivity contribution in [3.05, 3.63) is 0 Å². The third kappa shape index (κ3) is 2.85. The molecule has 1 aliphatic heterocycles. The number of carbonyl (C=O) groups is 1. The summed E-state index contributed by atoms with van der Waals surface area (Å²) in [6.07, 6.45) is 0.378. The maximum Gasteiger partial charge on any atom is 0.404 e. The molecule has 1 heterocycles. The van der Waals surface area contributed by atoms with Gasteiger partial charge in [0, 0.05) is 6.54 Å². The first-order valence-corrected chi connectivity index (χ1v) is 5.65. The molecule has 0 aromatic rings. The Morgan fingerprint density at radius 3 is 2.62 bits per heavy atom. The van der Waals surface area contributed by atoms with Gasteiger partial charge in [0.05, 0.1) is 12.8 Å². The summed E-state index contributed by atoms with van der Waals surface area (Å²) < 4.78 is 28.0. The number of hydrogen-bond donors (Lipinski definition) is 1. The van der Waals surface area contributed by atoms with Crippen molar-refractivity contribution in [3.63, 3.8) is 0 Å². The zero-order valence-corrected chi connectivity index (χ0v) is 8.08. The van der Waals surface area contributed by atoms with Gasteiger partial charge >= 0.3 is 6.09 Å². The van der Waals surface area contributed by atoms with E-state index >= 15 is 0 Å². The zero-order valence-electron chi connectivity index (χ0n) is 7.26. The van der Waals surface area contributed by atoms with Gasteiger partial charge < -0.3 is 10.5 Å². The Kier molecular flexibility index (Phi) is 2.77. The van der Waals surface area contributed by atoms with Gasteiger partial charge in [0.1, 0.15) is 6.10 Å². The van der Waals surface area contributed by atoms with E-state index in [1.807, 2.05) is 0 Å². The number of nitrogens with two attached hydrogens (primary N) is 1. The lowest BCUT2D eigenvalue weighted by Gasteiger charge is -2.12. The molecular formula is C6H12N2O4S. The highest BCUT2D eigenvalue weighted by Crippen LogP contribution is 2.15. The molecule has 1 aliphatic rings. The van der Waals surface area contributed by atoms with Crippen molar-refractivity contribution in [2.75, 3.05) is 19.3 Å². The summed E-state index contributed by atoms with van der Waals surface area (Å²) in [6, 6.07) is 0. The molecule has 1 saturated heterocycles. The maximum atomic E-state index is 11.0. The van der Waals surface area contributed by atoms with Crippen LogP contribution in [0.2, 0.25) is 0 Å². The molecule has 0 aliphatic carbocycles. The maximum absolute atomic E-state index is 11.0. The number of primary amides is 1. The number of sulfonamides is 1. The average Bonchev–Trinajstić information content (AvgIpc) is 2.32. The van der Waals surface area contributed by atoms with Crippen molar-refractivity contribution in [2.45, 2.75) is 12.5 Å². The van der Waals surface area contributed by atoms with Crippen molar-refractivity contribution in [1.82, 2.24) is 4.31 Å². The smallest absolute Gasteiger partial charge is 0.404 e. The number of hydrogen-bond acceptors (Lipinski definition) is 4. The predicted molar refractivity (Wildman–Crippen MR) is 45.5 cm³/mol. The van der Waals surface area contributed by atoms with Crippen molar-refractivity contribution >= 4 is 16.1 Å². The van der Waals surface area contributed by atoms with Gasteiger partial charge in [0.15, 0.2) is 0 Å². The topological polar surface area (TPSA) is 89.7 Å². The van der Waals surface area contributed by atoms with Gasteiger partial charge in [-0.15, -0.1) is 0 Å². The van der Waals surface area contributed by atoms with Gasteiger partial charge in [-0.2, -0.15) is 4.31 Å². The van der Waals surface area contributed by atoms with E-state index in [0.717, 1.165) is 6.26 Å². The Labute approximate surface area is 76.7 Å². The standard InChI is InChI=1S/C6H12N2O4S/c1-13(10,11)8-3-2-5(4-8)12-6(7)9/h5H,2-4H2,1H3,(H2,7,9)/t5-/m0/s1. The summed E-state index contributed by atoms with van der Waals surface area (Å²) in [5, 5.41) is 0. The van der Waals surface area contributed by atoms with Crippen LogP contribution >= 0.6 is 0 Å². The van der Waals surface area contributed by atoms with Crippen LogP contribution in [0.15, 0.2) is 0 Å². The molecule has 7 heteroatoms. The van der Waals surface area contributed by atoms with Gasteiger partial charge in [-0.1, -0.05) is 0 Å². The molecule has 0 aromatic carbocycles. The Morgan fingerprint density at radius 2 is 2.23 bits per heavy atom. The van der Waals surface area contributed by atoms with Crippen LogP contribution < -0.4 is 5.73 Å². The Balaban J connectivity index is 2.50. The van der Waals surface area contributed by atoms with Gasteiger partial charge in [-0.3, -0.25) is 0 Å². The normalized spacial score (nSPS) is 24.5. The molecule has 0 saturated carbocycles. The second-order valence-electron chi connectivity index (χ2n) is 2.97. The fourth-order valence-electron chi connectivity index (χ4n) is 1.26. The number of rotatable bonds is 2. The molecular weight excluding hydrogens is 196 g/mol. The lowest BCUT2D eigenvalue weighted by Crippen LogP contribution is -2.30. The lowest BCUT2D eigenvalue weighted by molar-refractivity contribution is 0.114. The van der Waals surface area contributed by atoms with Crippen molar-refractivity contribution < 1.29 is 17.9 Å². The highest BCUT2D eigenvalue weighted by Gasteiger charge is 2.30. The van der Waals surface area contributed by atoms with Crippen LogP contribution in [0.1, 0.15) is 6.42 Å². The summed E-state index contributed by atoms with van der Waals surface area (Å²) in [5.74, 6) is 0. The van der Waals surface area contributed by atoms with Crippen LogP contribution in [-0.4, -0.2) is 44.3 Å². The van der Waals surface area contributed by atoms with Crippen molar-refractivity contribution in [2.24, 2.45) is 5.73 Å². The van der Waals surface area contributed by atoms with E-state index < -0.39 is 22.2 Å². The summed E-state index contributed by atoms with van der Waals surface area (Å²) in [7, 11) is -3.17. The summed E-state index contributed by atoms with van der Waals surface area (Å²) >= 11 is 0. The third-order valence-corrected chi connectivity index (χ3v) is 3.13. The van der Waals surface area contributed by atoms with E-state index in [9.17, 15) is 13.2 Å². The second-order valence-corrected chi connectivity index (χ2v) is 4.95. The van der Waals surface area contributed by atoms with E-state index in [2.05, 4.69) is 4.74 Å². The number of carbonyl (C=O) groups excluding carboxylic acids is 1. The average molecular weight is 208 g/mol. The molecule has 0 bridgehead atoms. The monoisotopic (exact) mass is 208 g/mol. The number of ether oxygens (including phenoxy) is 1. The zero-order chi connectivity index (χ0) is 10.1. The van der Waals surface area contributed by atoms with Crippen LogP contribution in [0.4, 0.5) is 4.79 Å². The summed E-state index contributed by atoms with van der Waals surface area (Å²) in [6.45, 7) is 0.596. The van der Waals surface area contributed by atoms with Crippen LogP contribution in [-0.2, 0) is 14.8 Å². The Morgan fingerprint density at radius 1 is 1.62 bits per heavy atom. The van der Waals surface area contributed by atoms with E-state index in [4.69, 9.17) is 5.73 Å². The molecule has 0 spiro atoms. The van der Waals surface area contributed by atoms with Gasteiger partial charge in [0.2, 0.25) is 10.0 Å². The Hall–Kier alpha value is -0.820. The van der Waals surface area contributed by atoms with Crippen LogP contribution in [0, 0.1) is 0 Å². The molecule has 0 aromatic heterocycles. The van der Waals surface area contributed by atoms with Gasteiger partial charge in [0.25, 0.3) is 0 Å². The molecule has 13 heavy (non-hydrogen) atoms. The van der Waals surface area contributed by atoms with Crippen molar-refractivity contribution in [3.8, 4) is 0 Å². The van der Waals surface area contributed by atoms with E-state index in [-0.39, 0.29) is 6.54 Å². The van der Waals surface area contributed by atoms with Gasteiger partial charge in [-0.05, 0) is 6.42 Å².